The van der Waals surface area contributed by atoms with Gasteiger partial charge in [0.1, 0.15) is 0 Å². The Morgan fingerprint density at radius 2 is 1.72 bits per heavy atom. The van der Waals surface area contributed by atoms with Crippen LogP contribution in [0.3, 0.4) is 0 Å². The Balaban J connectivity index is 2.48. The first kappa shape index (κ1) is 13.3. The standard InChI is InChI=1S/C16H21NS/c1-10-6-7-14(11(2)8-10)16(17-5)15-9-12(3)18-13(15)4/h6-9,16-17H,1-5H3. The largest absolute Gasteiger partial charge is 0.309 e. The van der Waals surface area contributed by atoms with Crippen LogP contribution in [-0.2, 0) is 0 Å². The molecule has 0 aliphatic rings. The molecule has 0 amide bonds. The smallest absolute Gasteiger partial charge is 0.0587 e. The second kappa shape index (κ2) is 5.25. The van der Waals surface area contributed by atoms with Gasteiger partial charge in [-0.15, -0.1) is 11.3 Å². The molecule has 1 atom stereocenters. The van der Waals surface area contributed by atoms with Gasteiger partial charge in [-0.3, -0.25) is 0 Å². The Labute approximate surface area is 114 Å². The number of nitrogens with one attached hydrogen (secondary N) is 1. The number of aryl methyl sites for hydroxylation is 4. The van der Waals surface area contributed by atoms with Gasteiger partial charge in [0.25, 0.3) is 0 Å². The van der Waals surface area contributed by atoms with Crippen LogP contribution in [0, 0.1) is 27.7 Å². The average molecular weight is 259 g/mol. The van der Waals surface area contributed by atoms with Gasteiger partial charge in [0.05, 0.1) is 6.04 Å². The lowest BCUT2D eigenvalue weighted by atomic mass is 9.94. The maximum Gasteiger partial charge on any atom is 0.0587 e. The summed E-state index contributed by atoms with van der Waals surface area (Å²) in [7, 11) is 2.04. The lowest BCUT2D eigenvalue weighted by Gasteiger charge is -2.19. The Bertz CT molecular complexity index is 554. The molecule has 1 unspecified atom stereocenters. The average Bonchev–Trinajstić information content (AvgIpc) is 2.62. The number of hydrogen-bond acceptors (Lipinski definition) is 2. The first-order chi connectivity index (χ1) is 8.52. The van der Waals surface area contributed by atoms with Gasteiger partial charge in [-0.1, -0.05) is 23.8 Å². The van der Waals surface area contributed by atoms with Crippen molar-refractivity contribution in [3.8, 4) is 0 Å². The van der Waals surface area contributed by atoms with E-state index in [0.717, 1.165) is 0 Å². The predicted molar refractivity (Wildman–Crippen MR) is 80.6 cm³/mol. The maximum atomic E-state index is 3.46. The first-order valence-electron chi connectivity index (χ1n) is 6.34. The molecule has 1 aromatic heterocycles. The van der Waals surface area contributed by atoms with E-state index in [1.807, 2.05) is 18.4 Å². The van der Waals surface area contributed by atoms with Gasteiger partial charge in [-0.2, -0.15) is 0 Å². The molecule has 0 aliphatic carbocycles. The van der Waals surface area contributed by atoms with E-state index < -0.39 is 0 Å². The molecule has 1 heterocycles. The highest BCUT2D eigenvalue weighted by atomic mass is 32.1. The molecular weight excluding hydrogens is 238 g/mol. The highest BCUT2D eigenvalue weighted by molar-refractivity contribution is 7.12. The number of rotatable bonds is 3. The molecular formula is C16H21NS. The van der Waals surface area contributed by atoms with E-state index >= 15 is 0 Å². The van der Waals surface area contributed by atoms with Gasteiger partial charge in [0, 0.05) is 9.75 Å². The third-order valence-corrected chi connectivity index (χ3v) is 4.40. The number of thiophene rings is 1. The summed E-state index contributed by atoms with van der Waals surface area (Å²) in [6.07, 6.45) is 0. The van der Waals surface area contributed by atoms with E-state index in [0.29, 0.717) is 6.04 Å². The lowest BCUT2D eigenvalue weighted by molar-refractivity contribution is 0.686. The molecule has 0 fully saturated rings. The Kier molecular flexibility index (Phi) is 3.88. The third kappa shape index (κ3) is 2.50. The fourth-order valence-corrected chi connectivity index (χ4v) is 3.53. The van der Waals surface area contributed by atoms with E-state index in [-0.39, 0.29) is 0 Å². The van der Waals surface area contributed by atoms with Crippen molar-refractivity contribution in [3.63, 3.8) is 0 Å². The summed E-state index contributed by atoms with van der Waals surface area (Å²) in [5, 5.41) is 3.46. The Morgan fingerprint density at radius 1 is 1.00 bits per heavy atom. The van der Waals surface area contributed by atoms with Crippen LogP contribution in [0.25, 0.3) is 0 Å². The maximum absolute atomic E-state index is 3.46. The summed E-state index contributed by atoms with van der Waals surface area (Å²) in [6.45, 7) is 8.73. The lowest BCUT2D eigenvalue weighted by Crippen LogP contribution is -2.18. The quantitative estimate of drug-likeness (QED) is 0.867. The van der Waals surface area contributed by atoms with Crippen molar-refractivity contribution < 1.29 is 0 Å². The van der Waals surface area contributed by atoms with E-state index in [4.69, 9.17) is 0 Å². The van der Waals surface area contributed by atoms with Crippen LogP contribution >= 0.6 is 11.3 Å². The van der Waals surface area contributed by atoms with E-state index in [2.05, 4.69) is 57.3 Å². The zero-order chi connectivity index (χ0) is 13.3. The van der Waals surface area contributed by atoms with Crippen molar-refractivity contribution in [1.82, 2.24) is 5.32 Å². The summed E-state index contributed by atoms with van der Waals surface area (Å²) < 4.78 is 0. The van der Waals surface area contributed by atoms with Gasteiger partial charge in [-0.25, -0.2) is 0 Å². The van der Waals surface area contributed by atoms with Crippen molar-refractivity contribution in [3.05, 3.63) is 56.3 Å². The SMILES string of the molecule is CNC(c1ccc(C)cc1C)c1cc(C)sc1C. The highest BCUT2D eigenvalue weighted by Gasteiger charge is 2.17. The number of benzene rings is 1. The second-order valence-electron chi connectivity index (χ2n) is 4.95. The fourth-order valence-electron chi connectivity index (χ4n) is 2.57. The van der Waals surface area contributed by atoms with Gasteiger partial charge < -0.3 is 5.32 Å². The molecule has 1 aromatic carbocycles. The van der Waals surface area contributed by atoms with Crippen LogP contribution < -0.4 is 5.32 Å². The molecule has 2 aromatic rings. The second-order valence-corrected chi connectivity index (χ2v) is 6.41. The van der Waals surface area contributed by atoms with Gasteiger partial charge in [-0.05, 0) is 57.5 Å². The van der Waals surface area contributed by atoms with Crippen LogP contribution in [0.15, 0.2) is 24.3 Å². The molecule has 0 saturated heterocycles. The molecule has 0 radical (unpaired) electrons. The molecule has 0 aliphatic heterocycles. The van der Waals surface area contributed by atoms with Crippen LogP contribution in [0.1, 0.15) is 38.0 Å². The zero-order valence-electron chi connectivity index (χ0n) is 11.8. The molecule has 1 N–H and O–H groups in total. The molecule has 2 heteroatoms. The van der Waals surface area contributed by atoms with Gasteiger partial charge >= 0.3 is 0 Å². The highest BCUT2D eigenvalue weighted by Crippen LogP contribution is 2.32. The molecule has 0 saturated carbocycles. The van der Waals surface area contributed by atoms with Crippen LogP contribution in [0.2, 0.25) is 0 Å². The first-order valence-corrected chi connectivity index (χ1v) is 7.16. The minimum absolute atomic E-state index is 0.301. The van der Waals surface area contributed by atoms with Crippen molar-refractivity contribution in [2.75, 3.05) is 7.05 Å². The zero-order valence-corrected chi connectivity index (χ0v) is 12.6. The summed E-state index contributed by atoms with van der Waals surface area (Å²) in [4.78, 5) is 2.79. The minimum Gasteiger partial charge on any atom is -0.309 e. The molecule has 0 spiro atoms. The molecule has 96 valence electrons. The predicted octanol–water partition coefficient (Wildman–Crippen LogP) is 4.29. The van der Waals surface area contributed by atoms with Crippen molar-refractivity contribution in [2.45, 2.75) is 33.7 Å². The third-order valence-electron chi connectivity index (χ3n) is 3.42. The summed E-state index contributed by atoms with van der Waals surface area (Å²) in [5.74, 6) is 0. The van der Waals surface area contributed by atoms with Gasteiger partial charge in [0.15, 0.2) is 0 Å². The van der Waals surface area contributed by atoms with Crippen LogP contribution in [-0.4, -0.2) is 7.05 Å². The van der Waals surface area contributed by atoms with Crippen molar-refractivity contribution in [1.29, 1.82) is 0 Å². The Hall–Kier alpha value is -1.12. The van der Waals surface area contributed by atoms with E-state index in [1.54, 1.807) is 0 Å². The monoisotopic (exact) mass is 259 g/mol. The summed E-state index contributed by atoms with van der Waals surface area (Å²) >= 11 is 1.88. The van der Waals surface area contributed by atoms with Crippen LogP contribution in [0.4, 0.5) is 0 Å². The molecule has 0 bridgehead atoms. The number of hydrogen-bond donors (Lipinski definition) is 1. The Morgan fingerprint density at radius 3 is 2.22 bits per heavy atom. The van der Waals surface area contributed by atoms with Crippen molar-refractivity contribution >= 4 is 11.3 Å². The van der Waals surface area contributed by atoms with E-state index in [1.165, 1.54) is 32.0 Å². The molecule has 18 heavy (non-hydrogen) atoms. The summed E-state index contributed by atoms with van der Waals surface area (Å²) in [6, 6.07) is 9.31. The molecule has 2 rings (SSSR count). The topological polar surface area (TPSA) is 12.0 Å². The fraction of sp³-hybridized carbons (Fsp3) is 0.375. The molecule has 1 nitrogen and oxygen atoms in total. The van der Waals surface area contributed by atoms with E-state index in [9.17, 15) is 0 Å². The summed E-state index contributed by atoms with van der Waals surface area (Å²) in [5.41, 5.74) is 5.47. The minimum atomic E-state index is 0.301. The van der Waals surface area contributed by atoms with Gasteiger partial charge in [0.2, 0.25) is 0 Å². The normalized spacial score (nSPS) is 12.7. The van der Waals surface area contributed by atoms with Crippen molar-refractivity contribution in [2.24, 2.45) is 0 Å². The van der Waals surface area contributed by atoms with Crippen LogP contribution in [0.5, 0.6) is 0 Å².